The van der Waals surface area contributed by atoms with Crippen molar-refractivity contribution in [3.63, 3.8) is 0 Å². The van der Waals surface area contributed by atoms with Crippen LogP contribution < -0.4 is 4.74 Å². The van der Waals surface area contributed by atoms with Crippen LogP contribution in [0, 0.1) is 0 Å². The Morgan fingerprint density at radius 1 is 1.43 bits per heavy atom. The minimum absolute atomic E-state index is 0.135. The van der Waals surface area contributed by atoms with Gasteiger partial charge in [-0.3, -0.25) is 0 Å². The summed E-state index contributed by atoms with van der Waals surface area (Å²) >= 11 is 4.80. The van der Waals surface area contributed by atoms with Gasteiger partial charge in [-0.2, -0.15) is 0 Å². The standard InChI is InChI=1S/C13H13BrN2O4S/c1-3-19-12(17)11-15-16-13(20-11)21-7-8-6-9(18-2)4-5-10(8)14/h4-6H,3,7H2,1-2H3. The van der Waals surface area contributed by atoms with Crippen molar-refractivity contribution in [1.82, 2.24) is 10.2 Å². The molecule has 1 heterocycles. The van der Waals surface area contributed by atoms with Crippen LogP contribution in [0.25, 0.3) is 0 Å². The molecular weight excluding hydrogens is 360 g/mol. The van der Waals surface area contributed by atoms with Crippen molar-refractivity contribution in [2.24, 2.45) is 0 Å². The van der Waals surface area contributed by atoms with Crippen molar-refractivity contribution in [1.29, 1.82) is 0 Å². The molecule has 0 spiro atoms. The third-order valence-corrected chi connectivity index (χ3v) is 4.10. The lowest BCUT2D eigenvalue weighted by atomic mass is 10.2. The van der Waals surface area contributed by atoms with E-state index in [4.69, 9.17) is 13.9 Å². The molecule has 0 radical (unpaired) electrons. The van der Waals surface area contributed by atoms with Crippen LogP contribution in [-0.4, -0.2) is 29.9 Å². The first-order valence-electron chi connectivity index (χ1n) is 6.10. The monoisotopic (exact) mass is 372 g/mol. The fourth-order valence-electron chi connectivity index (χ4n) is 1.47. The van der Waals surface area contributed by atoms with E-state index in [2.05, 4.69) is 26.1 Å². The van der Waals surface area contributed by atoms with Crippen LogP contribution in [0.3, 0.4) is 0 Å². The first-order valence-corrected chi connectivity index (χ1v) is 7.87. The van der Waals surface area contributed by atoms with Gasteiger partial charge in [-0.25, -0.2) is 4.79 Å². The van der Waals surface area contributed by atoms with Gasteiger partial charge >= 0.3 is 11.9 Å². The van der Waals surface area contributed by atoms with Crippen molar-refractivity contribution in [2.45, 2.75) is 17.9 Å². The molecule has 0 fully saturated rings. The summed E-state index contributed by atoms with van der Waals surface area (Å²) in [6, 6.07) is 5.69. The van der Waals surface area contributed by atoms with Crippen molar-refractivity contribution in [3.8, 4) is 5.75 Å². The Bertz CT molecular complexity index is 632. The van der Waals surface area contributed by atoms with Crippen molar-refractivity contribution < 1.29 is 18.7 Å². The summed E-state index contributed by atoms with van der Waals surface area (Å²) in [4.78, 5) is 11.4. The number of methoxy groups -OCH3 is 1. The smallest absolute Gasteiger partial charge is 0.396 e. The summed E-state index contributed by atoms with van der Waals surface area (Å²) in [6.45, 7) is 1.98. The number of carbonyl (C=O) groups is 1. The zero-order valence-corrected chi connectivity index (χ0v) is 13.9. The van der Waals surface area contributed by atoms with Gasteiger partial charge in [0, 0.05) is 10.2 Å². The molecule has 0 saturated carbocycles. The Morgan fingerprint density at radius 3 is 2.95 bits per heavy atom. The second-order valence-electron chi connectivity index (χ2n) is 3.84. The van der Waals surface area contributed by atoms with Gasteiger partial charge in [0.2, 0.25) is 0 Å². The molecule has 0 saturated heterocycles. The number of thioether (sulfide) groups is 1. The number of esters is 1. The number of hydrogen-bond donors (Lipinski definition) is 0. The van der Waals surface area contributed by atoms with E-state index in [9.17, 15) is 4.79 Å². The number of benzene rings is 1. The van der Waals surface area contributed by atoms with E-state index < -0.39 is 5.97 Å². The van der Waals surface area contributed by atoms with Crippen LogP contribution in [-0.2, 0) is 10.5 Å². The second kappa shape index (κ2) is 7.46. The number of aromatic nitrogens is 2. The molecular formula is C13H13BrN2O4S. The lowest BCUT2D eigenvalue weighted by molar-refractivity contribution is 0.0475. The number of carbonyl (C=O) groups excluding carboxylic acids is 1. The fraction of sp³-hybridized carbons (Fsp3) is 0.308. The fourth-order valence-corrected chi connectivity index (χ4v) is 2.80. The highest BCUT2D eigenvalue weighted by atomic mass is 79.9. The molecule has 0 aliphatic heterocycles. The quantitative estimate of drug-likeness (QED) is 0.568. The molecule has 6 nitrogen and oxygen atoms in total. The van der Waals surface area contributed by atoms with Gasteiger partial charge in [0.15, 0.2) is 0 Å². The van der Waals surface area contributed by atoms with Gasteiger partial charge in [-0.05, 0) is 30.7 Å². The van der Waals surface area contributed by atoms with Gasteiger partial charge in [0.25, 0.3) is 5.22 Å². The molecule has 0 unspecified atom stereocenters. The number of ether oxygens (including phenoxy) is 2. The first kappa shape index (κ1) is 15.8. The summed E-state index contributed by atoms with van der Waals surface area (Å²) in [7, 11) is 1.61. The van der Waals surface area contributed by atoms with E-state index in [1.54, 1.807) is 14.0 Å². The Hall–Kier alpha value is -1.54. The SMILES string of the molecule is CCOC(=O)c1nnc(SCc2cc(OC)ccc2Br)o1. The molecule has 0 aliphatic rings. The van der Waals surface area contributed by atoms with Crippen molar-refractivity contribution >= 4 is 33.7 Å². The maximum absolute atomic E-state index is 11.4. The third kappa shape index (κ3) is 4.21. The molecule has 0 aliphatic carbocycles. The molecule has 2 rings (SSSR count). The highest BCUT2D eigenvalue weighted by molar-refractivity contribution is 9.10. The molecule has 1 aromatic heterocycles. The van der Waals surface area contributed by atoms with Crippen LogP contribution in [0.2, 0.25) is 0 Å². The van der Waals surface area contributed by atoms with Crippen LogP contribution in [0.5, 0.6) is 5.75 Å². The van der Waals surface area contributed by atoms with E-state index >= 15 is 0 Å². The lowest BCUT2D eigenvalue weighted by Gasteiger charge is -2.05. The van der Waals surface area contributed by atoms with E-state index in [0.29, 0.717) is 11.0 Å². The molecule has 0 bridgehead atoms. The van der Waals surface area contributed by atoms with Crippen LogP contribution in [0.15, 0.2) is 32.3 Å². The zero-order valence-electron chi connectivity index (χ0n) is 11.5. The molecule has 0 atom stereocenters. The number of halogens is 1. The maximum atomic E-state index is 11.4. The van der Waals surface area contributed by atoms with Gasteiger partial charge in [-0.1, -0.05) is 32.8 Å². The van der Waals surface area contributed by atoms with Crippen LogP contribution in [0.1, 0.15) is 23.2 Å². The largest absolute Gasteiger partial charge is 0.497 e. The molecule has 1 aromatic carbocycles. The highest BCUT2D eigenvalue weighted by Gasteiger charge is 2.16. The lowest BCUT2D eigenvalue weighted by Crippen LogP contribution is -2.04. The summed E-state index contributed by atoms with van der Waals surface area (Å²) in [5, 5.41) is 7.77. The normalized spacial score (nSPS) is 10.4. The van der Waals surface area contributed by atoms with Gasteiger partial charge in [0.05, 0.1) is 13.7 Å². The third-order valence-electron chi connectivity index (χ3n) is 2.46. The number of hydrogen-bond acceptors (Lipinski definition) is 7. The Balaban J connectivity index is 2.02. The maximum Gasteiger partial charge on any atom is 0.396 e. The van der Waals surface area contributed by atoms with E-state index in [1.165, 1.54) is 11.8 Å². The van der Waals surface area contributed by atoms with Crippen molar-refractivity contribution in [3.05, 3.63) is 34.1 Å². The van der Waals surface area contributed by atoms with E-state index in [1.807, 2.05) is 18.2 Å². The molecule has 8 heteroatoms. The summed E-state index contributed by atoms with van der Waals surface area (Å²) in [6.07, 6.45) is 0. The van der Waals surface area contributed by atoms with Gasteiger partial charge in [0.1, 0.15) is 5.75 Å². The van der Waals surface area contributed by atoms with Crippen molar-refractivity contribution in [2.75, 3.05) is 13.7 Å². The Morgan fingerprint density at radius 2 is 2.24 bits per heavy atom. The minimum Gasteiger partial charge on any atom is -0.497 e. The summed E-state index contributed by atoms with van der Waals surface area (Å²) in [5.74, 6) is 0.623. The molecule has 0 N–H and O–H groups in total. The molecule has 112 valence electrons. The van der Waals surface area contributed by atoms with Gasteiger partial charge in [-0.15, -0.1) is 5.10 Å². The predicted molar refractivity (Wildman–Crippen MR) is 80.5 cm³/mol. The van der Waals surface area contributed by atoms with Gasteiger partial charge < -0.3 is 13.9 Å². The minimum atomic E-state index is -0.612. The van der Waals surface area contributed by atoms with Crippen LogP contribution in [0.4, 0.5) is 0 Å². The average molecular weight is 373 g/mol. The number of nitrogens with zero attached hydrogens (tertiary/aromatic N) is 2. The Kier molecular flexibility index (Phi) is 5.63. The predicted octanol–water partition coefficient (Wildman–Crippen LogP) is 3.31. The summed E-state index contributed by atoms with van der Waals surface area (Å²) < 4.78 is 16.2. The van der Waals surface area contributed by atoms with E-state index in [-0.39, 0.29) is 12.5 Å². The number of rotatable bonds is 6. The Labute approximate surface area is 134 Å². The molecule has 21 heavy (non-hydrogen) atoms. The molecule has 2 aromatic rings. The second-order valence-corrected chi connectivity index (χ2v) is 5.62. The zero-order chi connectivity index (χ0) is 15.2. The first-order chi connectivity index (χ1) is 10.1. The summed E-state index contributed by atoms with van der Waals surface area (Å²) in [5.41, 5.74) is 1.02. The topological polar surface area (TPSA) is 74.5 Å². The van der Waals surface area contributed by atoms with Crippen LogP contribution >= 0.6 is 27.7 Å². The highest BCUT2D eigenvalue weighted by Crippen LogP contribution is 2.29. The average Bonchev–Trinajstić information content (AvgIpc) is 2.96. The molecule has 0 amide bonds. The van der Waals surface area contributed by atoms with E-state index in [0.717, 1.165) is 15.8 Å².